The van der Waals surface area contributed by atoms with Crippen LogP contribution in [0.5, 0.6) is 0 Å². The normalized spacial score (nSPS) is 37.9. The standard InChI is InChI=1S/C19H23BrFNO/c1-22(11-13-2-4-16(21)5-3-13)17(23)18-7-14-6-15(8-18)10-19(20,9-14)12-18/h2-5,14-15H,6-12H2,1H3. The number of carbonyl (C=O) groups is 1. The van der Waals surface area contributed by atoms with E-state index >= 15 is 0 Å². The van der Waals surface area contributed by atoms with E-state index in [0.29, 0.717) is 24.3 Å². The third-order valence-electron chi connectivity index (χ3n) is 6.12. The van der Waals surface area contributed by atoms with E-state index in [1.807, 2.05) is 11.9 Å². The van der Waals surface area contributed by atoms with Gasteiger partial charge >= 0.3 is 0 Å². The number of alkyl halides is 1. The van der Waals surface area contributed by atoms with Crippen LogP contribution in [0.1, 0.15) is 44.1 Å². The van der Waals surface area contributed by atoms with E-state index in [1.54, 1.807) is 12.1 Å². The van der Waals surface area contributed by atoms with Crippen LogP contribution in [0.3, 0.4) is 0 Å². The third kappa shape index (κ3) is 2.73. The zero-order valence-electron chi connectivity index (χ0n) is 13.5. The van der Waals surface area contributed by atoms with Crippen molar-refractivity contribution in [3.63, 3.8) is 0 Å². The molecule has 124 valence electrons. The second-order valence-corrected chi connectivity index (χ2v) is 9.86. The minimum atomic E-state index is -0.231. The van der Waals surface area contributed by atoms with Crippen molar-refractivity contribution in [1.82, 2.24) is 4.90 Å². The molecule has 4 bridgehead atoms. The molecule has 0 aliphatic heterocycles. The molecule has 2 unspecified atom stereocenters. The first-order valence-corrected chi connectivity index (χ1v) is 9.36. The van der Waals surface area contributed by atoms with E-state index in [0.717, 1.165) is 24.8 Å². The largest absolute Gasteiger partial charge is 0.341 e. The molecule has 0 radical (unpaired) electrons. The van der Waals surface area contributed by atoms with Crippen molar-refractivity contribution in [2.45, 2.75) is 49.4 Å². The molecular weight excluding hydrogens is 357 g/mol. The summed E-state index contributed by atoms with van der Waals surface area (Å²) in [6.45, 7) is 0.561. The minimum Gasteiger partial charge on any atom is -0.341 e. The number of carbonyl (C=O) groups excluding carboxylic acids is 1. The van der Waals surface area contributed by atoms with Gasteiger partial charge in [-0.1, -0.05) is 28.1 Å². The summed E-state index contributed by atoms with van der Waals surface area (Å²) >= 11 is 3.97. The number of rotatable bonds is 3. The number of amides is 1. The van der Waals surface area contributed by atoms with Crippen molar-refractivity contribution in [3.05, 3.63) is 35.6 Å². The van der Waals surface area contributed by atoms with Crippen molar-refractivity contribution >= 4 is 21.8 Å². The van der Waals surface area contributed by atoms with Gasteiger partial charge in [0.1, 0.15) is 5.82 Å². The molecule has 1 aromatic carbocycles. The maximum absolute atomic E-state index is 13.2. The average Bonchev–Trinajstić information content (AvgIpc) is 2.46. The van der Waals surface area contributed by atoms with Gasteiger partial charge in [-0.15, -0.1) is 0 Å². The van der Waals surface area contributed by atoms with E-state index in [9.17, 15) is 9.18 Å². The molecule has 23 heavy (non-hydrogen) atoms. The predicted octanol–water partition coefficient (Wildman–Crippen LogP) is 4.52. The van der Waals surface area contributed by atoms with E-state index in [-0.39, 0.29) is 15.6 Å². The van der Waals surface area contributed by atoms with Crippen LogP contribution in [0.2, 0.25) is 0 Å². The predicted molar refractivity (Wildman–Crippen MR) is 91.6 cm³/mol. The molecule has 0 saturated heterocycles. The Balaban J connectivity index is 1.53. The summed E-state index contributed by atoms with van der Waals surface area (Å²) in [7, 11) is 1.89. The number of nitrogens with zero attached hydrogens (tertiary/aromatic N) is 1. The molecule has 5 rings (SSSR count). The fraction of sp³-hybridized carbons (Fsp3) is 0.632. The molecule has 4 heteroatoms. The molecule has 1 amide bonds. The summed E-state index contributed by atoms with van der Waals surface area (Å²) < 4.78 is 13.2. The minimum absolute atomic E-state index is 0.164. The van der Waals surface area contributed by atoms with Gasteiger partial charge in [-0.3, -0.25) is 4.79 Å². The molecule has 4 aliphatic carbocycles. The SMILES string of the molecule is CN(Cc1ccc(F)cc1)C(=O)C12CC3CC(CC(Br)(C3)C1)C2. The fourth-order valence-corrected chi connectivity index (χ4v) is 7.19. The molecular formula is C19H23BrFNO. The second-order valence-electron chi connectivity index (χ2n) is 8.18. The lowest BCUT2D eigenvalue weighted by atomic mass is 9.49. The smallest absolute Gasteiger partial charge is 0.228 e. The molecule has 0 N–H and O–H groups in total. The third-order valence-corrected chi connectivity index (χ3v) is 7.05. The van der Waals surface area contributed by atoms with E-state index in [1.165, 1.54) is 31.4 Å². The Labute approximate surface area is 145 Å². The van der Waals surface area contributed by atoms with Crippen LogP contribution in [-0.4, -0.2) is 22.2 Å². The van der Waals surface area contributed by atoms with Crippen molar-refractivity contribution in [2.75, 3.05) is 7.05 Å². The zero-order chi connectivity index (χ0) is 16.2. The van der Waals surface area contributed by atoms with Gasteiger partial charge < -0.3 is 4.90 Å². The van der Waals surface area contributed by atoms with Crippen molar-refractivity contribution in [2.24, 2.45) is 17.3 Å². The van der Waals surface area contributed by atoms with Crippen LogP contribution in [-0.2, 0) is 11.3 Å². The first kappa shape index (κ1) is 15.6. The zero-order valence-corrected chi connectivity index (χ0v) is 15.1. The summed E-state index contributed by atoms with van der Waals surface area (Å²) in [4.78, 5) is 15.1. The van der Waals surface area contributed by atoms with Crippen LogP contribution >= 0.6 is 15.9 Å². The maximum atomic E-state index is 13.2. The Morgan fingerprint density at radius 1 is 1.22 bits per heavy atom. The van der Waals surface area contributed by atoms with E-state index in [2.05, 4.69) is 15.9 Å². The van der Waals surface area contributed by atoms with Gasteiger partial charge in [0.25, 0.3) is 0 Å². The Hall–Kier alpha value is -0.900. The first-order valence-electron chi connectivity index (χ1n) is 8.56. The fourth-order valence-electron chi connectivity index (χ4n) is 5.74. The molecule has 2 atom stereocenters. The van der Waals surface area contributed by atoms with Crippen LogP contribution in [0.4, 0.5) is 4.39 Å². The Morgan fingerprint density at radius 3 is 2.39 bits per heavy atom. The summed E-state index contributed by atoms with van der Waals surface area (Å²) in [6.07, 6.45) is 6.89. The molecule has 4 fully saturated rings. The highest BCUT2D eigenvalue weighted by molar-refractivity contribution is 9.10. The van der Waals surface area contributed by atoms with Gasteiger partial charge in [0.2, 0.25) is 5.91 Å². The summed E-state index contributed by atoms with van der Waals surface area (Å²) in [5.74, 6) is 1.47. The summed E-state index contributed by atoms with van der Waals surface area (Å²) in [5, 5.41) is 0. The lowest BCUT2D eigenvalue weighted by molar-refractivity contribution is -0.154. The quantitative estimate of drug-likeness (QED) is 0.707. The Kier molecular flexibility index (Phi) is 3.60. The summed E-state index contributed by atoms with van der Waals surface area (Å²) in [5.41, 5.74) is 0.822. The Morgan fingerprint density at radius 2 is 1.83 bits per heavy atom. The van der Waals surface area contributed by atoms with Gasteiger partial charge in [-0.05, 0) is 68.1 Å². The monoisotopic (exact) mass is 379 g/mol. The van der Waals surface area contributed by atoms with Gasteiger partial charge in [0, 0.05) is 17.9 Å². The highest BCUT2D eigenvalue weighted by Gasteiger charge is 2.60. The molecule has 0 heterocycles. The first-order chi connectivity index (χ1) is 10.9. The maximum Gasteiger partial charge on any atom is 0.228 e. The van der Waals surface area contributed by atoms with Gasteiger partial charge in [-0.25, -0.2) is 4.39 Å². The number of halogens is 2. The highest BCUT2D eigenvalue weighted by atomic mass is 79.9. The van der Waals surface area contributed by atoms with Crippen LogP contribution in [0, 0.1) is 23.1 Å². The van der Waals surface area contributed by atoms with Crippen LogP contribution in [0.15, 0.2) is 24.3 Å². The van der Waals surface area contributed by atoms with Crippen LogP contribution in [0.25, 0.3) is 0 Å². The lowest BCUT2D eigenvalue weighted by Gasteiger charge is -2.60. The highest BCUT2D eigenvalue weighted by Crippen LogP contribution is 2.64. The molecule has 4 aliphatic rings. The second kappa shape index (κ2) is 5.30. The molecule has 0 spiro atoms. The average molecular weight is 380 g/mol. The lowest BCUT2D eigenvalue weighted by Crippen LogP contribution is -2.58. The number of hydrogen-bond donors (Lipinski definition) is 0. The van der Waals surface area contributed by atoms with E-state index in [4.69, 9.17) is 0 Å². The van der Waals surface area contributed by atoms with Gasteiger partial charge in [0.15, 0.2) is 0 Å². The summed E-state index contributed by atoms with van der Waals surface area (Å²) in [6, 6.07) is 6.47. The number of benzene rings is 1. The molecule has 4 saturated carbocycles. The number of hydrogen-bond acceptors (Lipinski definition) is 1. The topological polar surface area (TPSA) is 20.3 Å². The Bertz CT molecular complexity index is 615. The molecule has 2 nitrogen and oxygen atoms in total. The van der Waals surface area contributed by atoms with Gasteiger partial charge in [0.05, 0.1) is 5.41 Å². The van der Waals surface area contributed by atoms with Crippen LogP contribution < -0.4 is 0 Å². The molecule has 1 aromatic rings. The molecule has 0 aromatic heterocycles. The van der Waals surface area contributed by atoms with E-state index < -0.39 is 0 Å². The van der Waals surface area contributed by atoms with Gasteiger partial charge in [-0.2, -0.15) is 0 Å². The van der Waals surface area contributed by atoms with Crippen molar-refractivity contribution < 1.29 is 9.18 Å². The van der Waals surface area contributed by atoms with Crippen molar-refractivity contribution in [1.29, 1.82) is 0 Å². The van der Waals surface area contributed by atoms with Crippen molar-refractivity contribution in [3.8, 4) is 0 Å².